The number of amides is 1. The highest BCUT2D eigenvalue weighted by molar-refractivity contribution is 7.98. The summed E-state index contributed by atoms with van der Waals surface area (Å²) < 4.78 is 5.20. The van der Waals surface area contributed by atoms with Crippen LogP contribution in [-0.2, 0) is 9.59 Å². The number of hydrogen-bond acceptors (Lipinski definition) is 5. The summed E-state index contributed by atoms with van der Waals surface area (Å²) in [7, 11) is 3.24. The Labute approximate surface area is 172 Å². The maximum atomic E-state index is 13.3. The molecule has 6 nitrogen and oxygen atoms in total. The monoisotopic (exact) mass is 408 g/mol. The van der Waals surface area contributed by atoms with Crippen molar-refractivity contribution in [3.8, 4) is 5.75 Å². The van der Waals surface area contributed by atoms with Crippen molar-refractivity contribution in [2.24, 2.45) is 5.92 Å². The lowest BCUT2D eigenvalue weighted by Gasteiger charge is -2.35. The maximum absolute atomic E-state index is 13.3. The van der Waals surface area contributed by atoms with Crippen molar-refractivity contribution >= 4 is 29.3 Å². The van der Waals surface area contributed by atoms with Gasteiger partial charge in [0.15, 0.2) is 0 Å². The van der Waals surface area contributed by atoms with Gasteiger partial charge in [0.1, 0.15) is 17.8 Å². The number of likely N-dealkylation sites (N-methyl/N-ethyl adjacent to an activating group) is 1. The lowest BCUT2D eigenvalue weighted by Crippen LogP contribution is -2.51. The van der Waals surface area contributed by atoms with Crippen LogP contribution in [0.15, 0.2) is 24.3 Å². The Morgan fingerprint density at radius 1 is 1.25 bits per heavy atom. The van der Waals surface area contributed by atoms with E-state index in [0.29, 0.717) is 12.2 Å². The third-order valence-electron chi connectivity index (χ3n) is 5.50. The number of hydrogen-bond donors (Lipinski definition) is 2. The van der Waals surface area contributed by atoms with Gasteiger partial charge in [-0.1, -0.05) is 19.3 Å². The smallest absolute Gasteiger partial charge is 0.326 e. The minimum atomic E-state index is -0.947. The molecule has 1 aromatic carbocycles. The van der Waals surface area contributed by atoms with Crippen LogP contribution >= 0.6 is 11.8 Å². The van der Waals surface area contributed by atoms with Crippen LogP contribution in [0.25, 0.3) is 0 Å². The second-order valence-electron chi connectivity index (χ2n) is 7.33. The minimum Gasteiger partial charge on any atom is -0.497 e. The molecule has 2 atom stereocenters. The topological polar surface area (TPSA) is 78.9 Å². The van der Waals surface area contributed by atoms with Crippen LogP contribution < -0.4 is 10.1 Å². The average Bonchev–Trinajstić information content (AvgIpc) is 2.72. The van der Waals surface area contributed by atoms with E-state index in [9.17, 15) is 14.7 Å². The highest BCUT2D eigenvalue weighted by atomic mass is 32.2. The molecular weight excluding hydrogens is 376 g/mol. The highest BCUT2D eigenvalue weighted by Crippen LogP contribution is 2.30. The van der Waals surface area contributed by atoms with Crippen molar-refractivity contribution in [2.75, 3.05) is 31.5 Å². The summed E-state index contributed by atoms with van der Waals surface area (Å²) in [6.45, 7) is 0. The van der Waals surface area contributed by atoms with Crippen molar-refractivity contribution in [1.82, 2.24) is 4.90 Å². The zero-order chi connectivity index (χ0) is 20.5. The van der Waals surface area contributed by atoms with E-state index in [-0.39, 0.29) is 11.8 Å². The highest BCUT2D eigenvalue weighted by Gasteiger charge is 2.35. The molecule has 1 fully saturated rings. The number of benzene rings is 1. The van der Waals surface area contributed by atoms with E-state index in [0.717, 1.165) is 37.1 Å². The van der Waals surface area contributed by atoms with Gasteiger partial charge in [0.05, 0.1) is 7.11 Å². The van der Waals surface area contributed by atoms with Crippen molar-refractivity contribution in [3.05, 3.63) is 24.3 Å². The van der Waals surface area contributed by atoms with Gasteiger partial charge in [-0.25, -0.2) is 4.79 Å². The predicted molar refractivity (Wildman–Crippen MR) is 114 cm³/mol. The Kier molecular flexibility index (Phi) is 8.96. The van der Waals surface area contributed by atoms with Crippen LogP contribution in [0.1, 0.15) is 38.5 Å². The molecule has 0 radical (unpaired) electrons. The molecule has 0 saturated heterocycles. The summed E-state index contributed by atoms with van der Waals surface area (Å²) in [5, 5.41) is 13.0. The first-order valence-electron chi connectivity index (χ1n) is 9.87. The fraction of sp³-hybridized carbons (Fsp3) is 0.619. The summed E-state index contributed by atoms with van der Waals surface area (Å²) >= 11 is 1.59. The first-order chi connectivity index (χ1) is 13.5. The van der Waals surface area contributed by atoms with Crippen molar-refractivity contribution in [3.63, 3.8) is 0 Å². The summed E-state index contributed by atoms with van der Waals surface area (Å²) in [5.74, 6) is 0.578. The Balaban J connectivity index is 2.20. The second-order valence-corrected chi connectivity index (χ2v) is 8.32. The number of carboxylic acid groups (broad SMARTS) is 1. The molecule has 0 aliphatic heterocycles. The molecule has 1 amide bonds. The maximum Gasteiger partial charge on any atom is 0.326 e. The second kappa shape index (κ2) is 11.2. The number of carboxylic acids is 1. The Bertz CT molecular complexity index is 632. The van der Waals surface area contributed by atoms with Crippen LogP contribution in [0.4, 0.5) is 5.69 Å². The lowest BCUT2D eigenvalue weighted by atomic mass is 9.83. The zero-order valence-electron chi connectivity index (χ0n) is 17.0. The number of carbonyl (C=O) groups is 2. The molecule has 1 saturated carbocycles. The zero-order valence-corrected chi connectivity index (χ0v) is 17.8. The molecule has 28 heavy (non-hydrogen) atoms. The molecule has 0 aromatic heterocycles. The Hall–Kier alpha value is -1.89. The van der Waals surface area contributed by atoms with Crippen LogP contribution in [0, 0.1) is 5.92 Å². The molecule has 1 aromatic rings. The number of nitrogens with zero attached hydrogens (tertiary/aromatic N) is 1. The van der Waals surface area contributed by atoms with Gasteiger partial charge in [-0.2, -0.15) is 11.8 Å². The molecule has 2 N–H and O–H groups in total. The fourth-order valence-electron chi connectivity index (χ4n) is 3.80. The SMILES string of the molecule is COc1ccc(NC(C(=O)N(C)[C@@H](CCSC)C(=O)O)C2CCCCC2)cc1. The van der Waals surface area contributed by atoms with E-state index >= 15 is 0 Å². The van der Waals surface area contributed by atoms with Crippen molar-refractivity contribution in [1.29, 1.82) is 0 Å². The molecule has 7 heteroatoms. The molecule has 0 heterocycles. The molecule has 2 rings (SSSR count). The summed E-state index contributed by atoms with van der Waals surface area (Å²) in [6, 6.07) is 6.27. The summed E-state index contributed by atoms with van der Waals surface area (Å²) in [5.41, 5.74) is 0.842. The van der Waals surface area contributed by atoms with Gasteiger partial charge >= 0.3 is 5.97 Å². The van der Waals surface area contributed by atoms with E-state index in [1.54, 1.807) is 25.9 Å². The molecule has 0 bridgehead atoms. The molecule has 156 valence electrons. The number of rotatable bonds is 10. The van der Waals surface area contributed by atoms with Crippen LogP contribution in [-0.4, -0.2) is 60.1 Å². The van der Waals surface area contributed by atoms with Crippen molar-refractivity contribution < 1.29 is 19.4 Å². The van der Waals surface area contributed by atoms with Gasteiger partial charge in [-0.3, -0.25) is 4.79 Å². The number of thioether (sulfide) groups is 1. The third kappa shape index (κ3) is 6.06. The molecule has 0 spiro atoms. The van der Waals surface area contributed by atoms with Crippen LogP contribution in [0.2, 0.25) is 0 Å². The number of ether oxygens (including phenoxy) is 1. The van der Waals surface area contributed by atoms with Gasteiger partial charge in [0.2, 0.25) is 5.91 Å². The van der Waals surface area contributed by atoms with Gasteiger partial charge in [0.25, 0.3) is 0 Å². The summed E-state index contributed by atoms with van der Waals surface area (Å²) in [4.78, 5) is 26.5. The molecule has 1 unspecified atom stereocenters. The number of anilines is 1. The standard InChI is InChI=1S/C21H32N2O4S/c1-23(18(21(25)26)13-14-28-3)20(24)19(15-7-5-4-6-8-15)22-16-9-11-17(27-2)12-10-16/h9-12,15,18-19,22H,4-8,13-14H2,1-3H3,(H,25,26)/t18-,19?/m0/s1. The van der Waals surface area contributed by atoms with E-state index in [2.05, 4.69) is 5.32 Å². The first-order valence-corrected chi connectivity index (χ1v) is 11.3. The van der Waals surface area contributed by atoms with E-state index < -0.39 is 18.1 Å². The van der Waals surface area contributed by atoms with Gasteiger partial charge in [-0.15, -0.1) is 0 Å². The van der Waals surface area contributed by atoms with Gasteiger partial charge < -0.3 is 20.1 Å². The third-order valence-corrected chi connectivity index (χ3v) is 6.14. The van der Waals surface area contributed by atoms with E-state index in [4.69, 9.17) is 4.74 Å². The van der Waals surface area contributed by atoms with E-state index in [1.807, 2.05) is 30.5 Å². The molecule has 1 aliphatic rings. The quantitative estimate of drug-likeness (QED) is 0.614. The van der Waals surface area contributed by atoms with Gasteiger partial charge in [-0.05, 0) is 61.5 Å². The van der Waals surface area contributed by atoms with Crippen molar-refractivity contribution in [2.45, 2.75) is 50.6 Å². The molecular formula is C21H32N2O4S. The largest absolute Gasteiger partial charge is 0.497 e. The number of methoxy groups -OCH3 is 1. The number of carbonyl (C=O) groups excluding carboxylic acids is 1. The number of aliphatic carboxylic acids is 1. The number of nitrogens with one attached hydrogen (secondary N) is 1. The minimum absolute atomic E-state index is 0.142. The summed E-state index contributed by atoms with van der Waals surface area (Å²) in [6.07, 6.45) is 7.76. The normalized spacial score (nSPS) is 16.8. The van der Waals surface area contributed by atoms with Crippen LogP contribution in [0.3, 0.4) is 0 Å². The lowest BCUT2D eigenvalue weighted by molar-refractivity contribution is -0.149. The molecule has 1 aliphatic carbocycles. The van der Waals surface area contributed by atoms with Gasteiger partial charge in [0, 0.05) is 12.7 Å². The van der Waals surface area contributed by atoms with E-state index in [1.165, 1.54) is 11.3 Å². The fourth-order valence-corrected chi connectivity index (χ4v) is 4.26. The average molecular weight is 409 g/mol. The first kappa shape index (κ1) is 22.4. The Morgan fingerprint density at radius 2 is 1.89 bits per heavy atom. The van der Waals surface area contributed by atoms with Crippen LogP contribution in [0.5, 0.6) is 5.75 Å². The predicted octanol–water partition coefficient (Wildman–Crippen LogP) is 3.72. The Morgan fingerprint density at radius 3 is 2.43 bits per heavy atom.